The van der Waals surface area contributed by atoms with Crippen LogP contribution in [0.1, 0.15) is 5.56 Å². The molecule has 0 atom stereocenters. The van der Waals surface area contributed by atoms with Gasteiger partial charge in [0.1, 0.15) is 0 Å². The number of hydrogen-bond acceptors (Lipinski definition) is 8. The van der Waals surface area contributed by atoms with Gasteiger partial charge in [0, 0.05) is 6.54 Å². The molecule has 3 aromatic rings. The molecule has 28 heavy (non-hydrogen) atoms. The average Bonchev–Trinajstić information content (AvgIpc) is 3.21. The molecule has 0 aliphatic heterocycles. The van der Waals surface area contributed by atoms with E-state index in [4.69, 9.17) is 23.5 Å². The molecule has 0 saturated heterocycles. The first-order valence-corrected chi connectivity index (χ1v) is 8.70. The Morgan fingerprint density at radius 2 is 1.68 bits per heavy atom. The van der Waals surface area contributed by atoms with Gasteiger partial charge in [-0.1, -0.05) is 17.3 Å². The van der Waals surface area contributed by atoms with Crippen LogP contribution in [0.25, 0.3) is 11.4 Å². The van der Waals surface area contributed by atoms with Gasteiger partial charge >= 0.3 is 6.01 Å². The smallest absolute Gasteiger partial charge is 0.321 e. The third-order valence-corrected chi connectivity index (χ3v) is 4.21. The van der Waals surface area contributed by atoms with E-state index in [-0.39, 0.29) is 0 Å². The number of nitrogens with one attached hydrogen (secondary N) is 1. The van der Waals surface area contributed by atoms with Gasteiger partial charge < -0.3 is 28.8 Å². The molecule has 3 rings (SSSR count). The van der Waals surface area contributed by atoms with Gasteiger partial charge in [0.2, 0.25) is 5.82 Å². The van der Waals surface area contributed by atoms with E-state index in [1.54, 1.807) is 28.4 Å². The summed E-state index contributed by atoms with van der Waals surface area (Å²) in [5.74, 6) is 2.98. The highest BCUT2D eigenvalue weighted by Crippen LogP contribution is 2.36. The monoisotopic (exact) mass is 385 g/mol. The number of benzene rings is 2. The van der Waals surface area contributed by atoms with Gasteiger partial charge in [-0.3, -0.25) is 0 Å². The maximum atomic E-state index is 5.42. The maximum absolute atomic E-state index is 5.42. The van der Waals surface area contributed by atoms with E-state index in [0.717, 1.165) is 12.0 Å². The molecular formula is C20H23N3O5. The largest absolute Gasteiger partial charge is 0.493 e. The molecule has 0 fully saturated rings. The molecule has 0 bridgehead atoms. The van der Waals surface area contributed by atoms with E-state index in [0.29, 0.717) is 46.9 Å². The summed E-state index contributed by atoms with van der Waals surface area (Å²) in [6.07, 6.45) is 0.751. The normalized spacial score (nSPS) is 10.4. The quantitative estimate of drug-likeness (QED) is 0.599. The third kappa shape index (κ3) is 4.11. The first-order chi connectivity index (χ1) is 13.7. The van der Waals surface area contributed by atoms with Crippen LogP contribution < -0.4 is 24.3 Å². The van der Waals surface area contributed by atoms with Crippen molar-refractivity contribution in [1.29, 1.82) is 0 Å². The average molecular weight is 385 g/mol. The van der Waals surface area contributed by atoms with Crippen molar-refractivity contribution in [3.05, 3.63) is 42.0 Å². The molecule has 8 heteroatoms. The van der Waals surface area contributed by atoms with E-state index in [1.807, 2.05) is 36.4 Å². The van der Waals surface area contributed by atoms with E-state index in [9.17, 15) is 0 Å². The Morgan fingerprint density at radius 1 is 0.893 bits per heavy atom. The molecule has 2 aromatic carbocycles. The minimum Gasteiger partial charge on any atom is -0.493 e. The van der Waals surface area contributed by atoms with Crippen LogP contribution in [0, 0.1) is 0 Å². The Bertz CT molecular complexity index is 926. The molecule has 1 heterocycles. The fourth-order valence-corrected chi connectivity index (χ4v) is 2.82. The molecule has 0 aliphatic carbocycles. The fraction of sp³-hybridized carbons (Fsp3) is 0.300. The van der Waals surface area contributed by atoms with Crippen LogP contribution in [0.2, 0.25) is 0 Å². The summed E-state index contributed by atoms with van der Waals surface area (Å²) < 4.78 is 26.6. The number of rotatable bonds is 9. The van der Waals surface area contributed by atoms with Crippen LogP contribution in [-0.2, 0) is 6.42 Å². The second kappa shape index (κ2) is 8.98. The van der Waals surface area contributed by atoms with Crippen molar-refractivity contribution in [1.82, 2.24) is 10.1 Å². The fourth-order valence-electron chi connectivity index (χ4n) is 2.82. The topological polar surface area (TPSA) is 87.9 Å². The third-order valence-electron chi connectivity index (χ3n) is 4.21. The van der Waals surface area contributed by atoms with Crippen LogP contribution in [0.4, 0.5) is 6.01 Å². The standard InChI is InChI=1S/C20H23N3O5/c1-24-15-9-8-13(12-17(15)26-3)10-11-21-20-22-19(23-28-20)14-6-5-7-16(25-2)18(14)27-4/h5-9,12H,10-11H2,1-4H3,(H,21,22,23). The highest BCUT2D eigenvalue weighted by Gasteiger charge is 2.16. The molecule has 0 radical (unpaired) electrons. The number of nitrogens with zero attached hydrogens (tertiary/aromatic N) is 2. The van der Waals surface area contributed by atoms with Gasteiger partial charge in [-0.05, 0) is 36.2 Å². The van der Waals surface area contributed by atoms with Gasteiger partial charge in [-0.2, -0.15) is 4.98 Å². The van der Waals surface area contributed by atoms with Crippen LogP contribution in [0.3, 0.4) is 0 Å². The van der Waals surface area contributed by atoms with Crippen molar-refractivity contribution in [2.24, 2.45) is 0 Å². The first kappa shape index (κ1) is 19.3. The highest BCUT2D eigenvalue weighted by molar-refractivity contribution is 5.68. The minimum absolute atomic E-state index is 0.334. The van der Waals surface area contributed by atoms with Crippen molar-refractivity contribution in [3.63, 3.8) is 0 Å². The molecule has 0 unspecified atom stereocenters. The number of methoxy groups -OCH3 is 4. The minimum atomic E-state index is 0.334. The van der Waals surface area contributed by atoms with E-state index in [2.05, 4.69) is 15.5 Å². The zero-order chi connectivity index (χ0) is 19.9. The molecule has 0 saturated carbocycles. The summed E-state index contributed by atoms with van der Waals surface area (Å²) in [7, 11) is 6.39. The summed E-state index contributed by atoms with van der Waals surface area (Å²) in [5.41, 5.74) is 1.79. The molecule has 1 N–H and O–H groups in total. The van der Waals surface area contributed by atoms with Gasteiger partial charge in [-0.15, -0.1) is 0 Å². The van der Waals surface area contributed by atoms with Crippen molar-refractivity contribution in [3.8, 4) is 34.4 Å². The van der Waals surface area contributed by atoms with Crippen molar-refractivity contribution < 1.29 is 23.5 Å². The summed E-state index contributed by atoms with van der Waals surface area (Å²) in [5, 5.41) is 7.16. The summed E-state index contributed by atoms with van der Waals surface area (Å²) in [6, 6.07) is 11.7. The SMILES string of the molecule is COc1ccc(CCNc2nc(-c3cccc(OC)c3OC)no2)cc1OC. The van der Waals surface area contributed by atoms with E-state index in [1.165, 1.54) is 0 Å². The molecule has 8 nitrogen and oxygen atoms in total. The zero-order valence-corrected chi connectivity index (χ0v) is 16.3. The number of ether oxygens (including phenoxy) is 4. The molecule has 1 aromatic heterocycles. The Balaban J connectivity index is 1.66. The van der Waals surface area contributed by atoms with Gasteiger partial charge in [0.15, 0.2) is 23.0 Å². The molecule has 0 spiro atoms. The zero-order valence-electron chi connectivity index (χ0n) is 16.3. The second-order valence-electron chi connectivity index (χ2n) is 5.83. The van der Waals surface area contributed by atoms with Gasteiger partial charge in [-0.25, -0.2) is 0 Å². The Labute approximate surface area is 163 Å². The molecule has 0 aliphatic rings. The lowest BCUT2D eigenvalue weighted by atomic mass is 10.1. The predicted octanol–water partition coefficient (Wildman–Crippen LogP) is 3.43. The van der Waals surface area contributed by atoms with Gasteiger partial charge in [0.05, 0.1) is 34.0 Å². The van der Waals surface area contributed by atoms with Gasteiger partial charge in [0.25, 0.3) is 0 Å². The van der Waals surface area contributed by atoms with Crippen molar-refractivity contribution >= 4 is 6.01 Å². The predicted molar refractivity (Wildman–Crippen MR) is 105 cm³/mol. The number of para-hydroxylation sites is 1. The highest BCUT2D eigenvalue weighted by atomic mass is 16.5. The van der Waals surface area contributed by atoms with Crippen LogP contribution in [0.5, 0.6) is 23.0 Å². The number of aromatic nitrogens is 2. The lowest BCUT2D eigenvalue weighted by Crippen LogP contribution is -2.05. The number of anilines is 1. The van der Waals surface area contributed by atoms with Crippen LogP contribution >= 0.6 is 0 Å². The van der Waals surface area contributed by atoms with Crippen LogP contribution in [0.15, 0.2) is 40.9 Å². The first-order valence-electron chi connectivity index (χ1n) is 8.70. The van der Waals surface area contributed by atoms with E-state index >= 15 is 0 Å². The number of hydrogen-bond donors (Lipinski definition) is 1. The molecular weight excluding hydrogens is 362 g/mol. The van der Waals surface area contributed by atoms with Crippen molar-refractivity contribution in [2.45, 2.75) is 6.42 Å². The molecule has 0 amide bonds. The van der Waals surface area contributed by atoms with Crippen molar-refractivity contribution in [2.75, 3.05) is 40.3 Å². The van der Waals surface area contributed by atoms with Crippen LogP contribution in [-0.4, -0.2) is 45.1 Å². The lowest BCUT2D eigenvalue weighted by molar-refractivity contribution is 0.354. The summed E-state index contributed by atoms with van der Waals surface area (Å²) in [4.78, 5) is 4.39. The Hall–Kier alpha value is -3.42. The summed E-state index contributed by atoms with van der Waals surface area (Å²) >= 11 is 0. The molecule has 148 valence electrons. The van der Waals surface area contributed by atoms with E-state index < -0.39 is 0 Å². The summed E-state index contributed by atoms with van der Waals surface area (Å²) in [6.45, 7) is 0.617. The maximum Gasteiger partial charge on any atom is 0.321 e. The lowest BCUT2D eigenvalue weighted by Gasteiger charge is -2.10. The Kier molecular flexibility index (Phi) is 6.21. The second-order valence-corrected chi connectivity index (χ2v) is 5.83. The Morgan fingerprint density at radius 3 is 2.39 bits per heavy atom.